The highest BCUT2D eigenvalue weighted by atomic mass is 16.5. The third-order valence-corrected chi connectivity index (χ3v) is 4.61. The summed E-state index contributed by atoms with van der Waals surface area (Å²) in [6.45, 7) is 4.45. The fourth-order valence-corrected chi connectivity index (χ4v) is 3.30. The van der Waals surface area contributed by atoms with Crippen LogP contribution in [-0.2, 0) is 14.3 Å². The minimum absolute atomic E-state index is 0.00778. The van der Waals surface area contributed by atoms with Gasteiger partial charge in [0.25, 0.3) is 5.91 Å². The Morgan fingerprint density at radius 1 is 1.24 bits per heavy atom. The molecule has 0 bridgehead atoms. The third-order valence-electron chi connectivity index (χ3n) is 4.61. The van der Waals surface area contributed by atoms with Gasteiger partial charge in [-0.05, 0) is 44.4 Å². The van der Waals surface area contributed by atoms with Gasteiger partial charge in [0.2, 0.25) is 5.91 Å². The van der Waals surface area contributed by atoms with Gasteiger partial charge in [0.1, 0.15) is 0 Å². The van der Waals surface area contributed by atoms with Crippen molar-refractivity contribution < 1.29 is 19.1 Å². The summed E-state index contributed by atoms with van der Waals surface area (Å²) in [6.07, 6.45) is 3.53. The molecule has 1 aromatic rings. The largest absolute Gasteiger partial charge is 0.378 e. The van der Waals surface area contributed by atoms with E-state index < -0.39 is 0 Å². The normalized spacial score (nSPS) is 24.0. The molecule has 2 amide bonds. The van der Waals surface area contributed by atoms with E-state index in [9.17, 15) is 9.59 Å². The topological polar surface area (TPSA) is 67.9 Å². The molecule has 136 valence electrons. The molecule has 3 rings (SSSR count). The summed E-state index contributed by atoms with van der Waals surface area (Å²) in [5, 5.41) is 2.88. The SMILES string of the molecule is CC1CN(C(=O)c2cccc(NC(=O)CC3CCCCO3)c2)CCO1. The summed E-state index contributed by atoms with van der Waals surface area (Å²) in [6, 6.07) is 7.12. The van der Waals surface area contributed by atoms with Crippen molar-refractivity contribution in [1.29, 1.82) is 0 Å². The average molecular weight is 346 g/mol. The molecule has 2 aliphatic heterocycles. The molecule has 2 unspecified atom stereocenters. The van der Waals surface area contributed by atoms with Crippen LogP contribution in [-0.4, -0.2) is 55.2 Å². The van der Waals surface area contributed by atoms with E-state index in [0.29, 0.717) is 37.4 Å². The summed E-state index contributed by atoms with van der Waals surface area (Å²) in [7, 11) is 0. The third kappa shape index (κ3) is 5.03. The Bertz CT molecular complexity index is 613. The smallest absolute Gasteiger partial charge is 0.254 e. The summed E-state index contributed by atoms with van der Waals surface area (Å²) in [5.74, 6) is -0.0987. The lowest BCUT2D eigenvalue weighted by molar-refractivity contribution is -0.119. The van der Waals surface area contributed by atoms with Crippen molar-refractivity contribution in [3.05, 3.63) is 29.8 Å². The van der Waals surface area contributed by atoms with E-state index in [2.05, 4.69) is 5.32 Å². The second-order valence-corrected chi connectivity index (χ2v) is 6.75. The van der Waals surface area contributed by atoms with E-state index in [1.54, 1.807) is 29.2 Å². The molecule has 0 spiro atoms. The van der Waals surface area contributed by atoms with Gasteiger partial charge in [-0.15, -0.1) is 0 Å². The Morgan fingerprint density at radius 3 is 2.88 bits per heavy atom. The van der Waals surface area contributed by atoms with E-state index >= 15 is 0 Å². The Hall–Kier alpha value is -1.92. The van der Waals surface area contributed by atoms with Crippen LogP contribution >= 0.6 is 0 Å². The van der Waals surface area contributed by atoms with Crippen LogP contribution in [0.1, 0.15) is 43.0 Å². The molecule has 2 fully saturated rings. The predicted molar refractivity (Wildman–Crippen MR) is 94.6 cm³/mol. The number of rotatable bonds is 4. The van der Waals surface area contributed by atoms with Crippen molar-refractivity contribution in [1.82, 2.24) is 4.90 Å². The molecule has 0 aromatic heterocycles. The van der Waals surface area contributed by atoms with Crippen LogP contribution in [0, 0.1) is 0 Å². The zero-order valence-corrected chi connectivity index (χ0v) is 14.7. The van der Waals surface area contributed by atoms with Gasteiger partial charge in [-0.2, -0.15) is 0 Å². The van der Waals surface area contributed by atoms with Crippen LogP contribution in [0.15, 0.2) is 24.3 Å². The zero-order chi connectivity index (χ0) is 17.6. The van der Waals surface area contributed by atoms with Gasteiger partial charge < -0.3 is 19.7 Å². The lowest BCUT2D eigenvalue weighted by Crippen LogP contribution is -2.44. The molecular weight excluding hydrogens is 320 g/mol. The molecule has 1 aromatic carbocycles. The number of benzene rings is 1. The lowest BCUT2D eigenvalue weighted by atomic mass is 10.1. The van der Waals surface area contributed by atoms with E-state index in [1.807, 2.05) is 6.92 Å². The van der Waals surface area contributed by atoms with Crippen molar-refractivity contribution in [2.45, 2.75) is 44.8 Å². The highest BCUT2D eigenvalue weighted by Crippen LogP contribution is 2.18. The van der Waals surface area contributed by atoms with E-state index in [-0.39, 0.29) is 24.0 Å². The number of carbonyl (C=O) groups is 2. The number of ether oxygens (including phenoxy) is 2. The summed E-state index contributed by atoms with van der Waals surface area (Å²) in [5.41, 5.74) is 1.23. The first-order valence-electron chi connectivity index (χ1n) is 9.04. The Balaban J connectivity index is 1.58. The lowest BCUT2D eigenvalue weighted by Gasteiger charge is -2.31. The summed E-state index contributed by atoms with van der Waals surface area (Å²) in [4.78, 5) is 26.6. The molecule has 6 heteroatoms. The zero-order valence-electron chi connectivity index (χ0n) is 14.7. The van der Waals surface area contributed by atoms with Crippen LogP contribution in [0.25, 0.3) is 0 Å². The van der Waals surface area contributed by atoms with Crippen molar-refractivity contribution in [3.63, 3.8) is 0 Å². The first-order valence-corrected chi connectivity index (χ1v) is 9.04. The van der Waals surface area contributed by atoms with Crippen molar-refractivity contribution in [2.24, 2.45) is 0 Å². The van der Waals surface area contributed by atoms with Crippen LogP contribution in [0.3, 0.4) is 0 Å². The second-order valence-electron chi connectivity index (χ2n) is 6.75. The predicted octanol–water partition coefficient (Wildman–Crippen LogP) is 2.45. The second kappa shape index (κ2) is 8.45. The molecule has 0 radical (unpaired) electrons. The molecule has 2 atom stereocenters. The minimum atomic E-state index is -0.0727. The molecule has 25 heavy (non-hydrogen) atoms. The number of morpholine rings is 1. The van der Waals surface area contributed by atoms with Crippen LogP contribution in [0.5, 0.6) is 0 Å². The molecule has 2 aliphatic rings. The molecule has 2 heterocycles. The van der Waals surface area contributed by atoms with Crippen LogP contribution in [0.2, 0.25) is 0 Å². The fourth-order valence-electron chi connectivity index (χ4n) is 3.30. The van der Waals surface area contributed by atoms with Gasteiger partial charge in [0, 0.05) is 30.9 Å². The summed E-state index contributed by atoms with van der Waals surface area (Å²) < 4.78 is 11.1. The monoisotopic (exact) mass is 346 g/mol. The molecule has 6 nitrogen and oxygen atoms in total. The van der Waals surface area contributed by atoms with Gasteiger partial charge in [0.05, 0.1) is 25.2 Å². The first kappa shape index (κ1) is 17.9. The van der Waals surface area contributed by atoms with Crippen molar-refractivity contribution in [3.8, 4) is 0 Å². The van der Waals surface area contributed by atoms with Crippen molar-refractivity contribution in [2.75, 3.05) is 31.6 Å². The Labute approximate surface area is 148 Å². The minimum Gasteiger partial charge on any atom is -0.378 e. The molecule has 1 N–H and O–H groups in total. The number of carbonyl (C=O) groups excluding carboxylic acids is 2. The summed E-state index contributed by atoms with van der Waals surface area (Å²) >= 11 is 0. The van der Waals surface area contributed by atoms with E-state index in [4.69, 9.17) is 9.47 Å². The number of nitrogens with one attached hydrogen (secondary N) is 1. The van der Waals surface area contributed by atoms with Gasteiger partial charge in [-0.1, -0.05) is 6.07 Å². The quantitative estimate of drug-likeness (QED) is 0.909. The van der Waals surface area contributed by atoms with Crippen LogP contribution in [0.4, 0.5) is 5.69 Å². The maximum Gasteiger partial charge on any atom is 0.254 e. The Morgan fingerprint density at radius 2 is 2.12 bits per heavy atom. The van der Waals surface area contributed by atoms with E-state index in [1.165, 1.54) is 0 Å². The van der Waals surface area contributed by atoms with Crippen molar-refractivity contribution >= 4 is 17.5 Å². The first-order chi connectivity index (χ1) is 12.1. The number of hydrogen-bond donors (Lipinski definition) is 1. The molecule has 0 saturated carbocycles. The molecule has 2 saturated heterocycles. The molecular formula is C19H26N2O4. The standard InChI is InChI=1S/C19H26N2O4/c1-14-13-21(8-10-24-14)19(23)15-5-4-6-16(11-15)20-18(22)12-17-7-2-3-9-25-17/h4-6,11,14,17H,2-3,7-10,12-13H2,1H3,(H,20,22). The number of hydrogen-bond acceptors (Lipinski definition) is 4. The number of amides is 2. The van der Waals surface area contributed by atoms with Crippen LogP contribution < -0.4 is 5.32 Å². The highest BCUT2D eigenvalue weighted by molar-refractivity contribution is 5.97. The maximum absolute atomic E-state index is 12.6. The highest BCUT2D eigenvalue weighted by Gasteiger charge is 2.23. The number of nitrogens with zero attached hydrogens (tertiary/aromatic N) is 1. The molecule has 0 aliphatic carbocycles. The average Bonchev–Trinajstić information content (AvgIpc) is 2.62. The van der Waals surface area contributed by atoms with Gasteiger partial charge >= 0.3 is 0 Å². The van der Waals surface area contributed by atoms with Gasteiger partial charge in [-0.25, -0.2) is 0 Å². The fraction of sp³-hybridized carbons (Fsp3) is 0.579. The Kier molecular flexibility index (Phi) is 6.04. The maximum atomic E-state index is 12.6. The van der Waals surface area contributed by atoms with E-state index in [0.717, 1.165) is 25.9 Å². The van der Waals surface area contributed by atoms with Gasteiger partial charge in [-0.3, -0.25) is 9.59 Å². The van der Waals surface area contributed by atoms with Gasteiger partial charge in [0.15, 0.2) is 0 Å². The number of anilines is 1.